The molecule has 3 unspecified atom stereocenters. The molecule has 3 fully saturated rings. The number of rotatable bonds is 2. The molecular formula is C15H28N2O. The summed E-state index contributed by atoms with van der Waals surface area (Å²) in [6.45, 7) is 4.40. The van der Waals surface area contributed by atoms with Gasteiger partial charge in [-0.05, 0) is 51.4 Å². The van der Waals surface area contributed by atoms with E-state index in [1.165, 1.54) is 44.9 Å². The van der Waals surface area contributed by atoms with Crippen LogP contribution < -0.4 is 5.73 Å². The van der Waals surface area contributed by atoms with Gasteiger partial charge < -0.3 is 10.5 Å². The summed E-state index contributed by atoms with van der Waals surface area (Å²) < 4.78 is 5.51. The molecule has 3 heterocycles. The molecule has 2 bridgehead atoms. The maximum absolute atomic E-state index is 6.22. The Labute approximate surface area is 111 Å². The van der Waals surface area contributed by atoms with Crippen LogP contribution >= 0.6 is 0 Å². The van der Waals surface area contributed by atoms with E-state index in [0.29, 0.717) is 6.04 Å². The summed E-state index contributed by atoms with van der Waals surface area (Å²) in [6, 6.07) is 2.73. The molecule has 3 aliphatic rings. The van der Waals surface area contributed by atoms with Crippen LogP contribution in [-0.4, -0.2) is 42.3 Å². The number of hydrogen-bond donors (Lipinski definition) is 1. The minimum absolute atomic E-state index is 0.457. The van der Waals surface area contributed by atoms with Gasteiger partial charge in [-0.1, -0.05) is 6.42 Å². The van der Waals surface area contributed by atoms with Crippen molar-refractivity contribution in [3.8, 4) is 0 Å². The third-order valence-corrected chi connectivity index (χ3v) is 5.49. The van der Waals surface area contributed by atoms with E-state index in [4.69, 9.17) is 10.5 Å². The number of hydrogen-bond acceptors (Lipinski definition) is 3. The molecule has 3 nitrogen and oxygen atoms in total. The van der Waals surface area contributed by atoms with Crippen LogP contribution in [-0.2, 0) is 4.74 Å². The quantitative estimate of drug-likeness (QED) is 0.818. The van der Waals surface area contributed by atoms with Crippen LogP contribution in [0.15, 0.2) is 0 Å². The van der Waals surface area contributed by atoms with Gasteiger partial charge in [0.25, 0.3) is 0 Å². The largest absolute Gasteiger partial charge is 0.381 e. The fraction of sp³-hybridized carbons (Fsp3) is 1.00. The molecule has 18 heavy (non-hydrogen) atoms. The Morgan fingerprint density at radius 2 is 1.67 bits per heavy atom. The summed E-state index contributed by atoms with van der Waals surface area (Å²) in [6.07, 6.45) is 9.12. The van der Waals surface area contributed by atoms with E-state index in [-0.39, 0.29) is 0 Å². The molecule has 0 radical (unpaired) electrons. The van der Waals surface area contributed by atoms with Gasteiger partial charge in [-0.25, -0.2) is 0 Å². The van der Waals surface area contributed by atoms with Crippen LogP contribution in [0.25, 0.3) is 0 Å². The lowest BCUT2D eigenvalue weighted by molar-refractivity contribution is -0.0422. The molecule has 3 heteroatoms. The smallest absolute Gasteiger partial charge is 0.0469 e. The molecule has 0 amide bonds. The Hall–Kier alpha value is -0.120. The fourth-order valence-corrected chi connectivity index (χ4v) is 4.57. The van der Waals surface area contributed by atoms with E-state index >= 15 is 0 Å². The molecule has 0 aromatic carbocycles. The molecule has 3 rings (SSSR count). The Kier molecular flexibility index (Phi) is 3.92. The van der Waals surface area contributed by atoms with E-state index in [9.17, 15) is 0 Å². The third-order valence-electron chi connectivity index (χ3n) is 5.49. The number of piperidine rings is 2. The van der Waals surface area contributed by atoms with Crippen molar-refractivity contribution in [1.29, 1.82) is 0 Å². The number of fused-ring (bicyclic) bond motifs is 2. The van der Waals surface area contributed by atoms with Crippen molar-refractivity contribution in [2.24, 2.45) is 11.7 Å². The summed E-state index contributed by atoms with van der Waals surface area (Å²) >= 11 is 0. The first kappa shape index (κ1) is 12.9. The molecule has 3 saturated heterocycles. The zero-order valence-electron chi connectivity index (χ0n) is 11.7. The van der Waals surface area contributed by atoms with E-state index in [0.717, 1.165) is 37.3 Å². The summed E-state index contributed by atoms with van der Waals surface area (Å²) in [7, 11) is 0. The molecule has 0 spiro atoms. The highest BCUT2D eigenvalue weighted by Crippen LogP contribution is 2.38. The standard InChI is InChI=1S/C15H28N2O/c1-11(12-5-7-18-8-6-12)17-14-3-2-4-15(17)10-13(16)9-14/h11-15H,2-10,16H2,1H3. The lowest BCUT2D eigenvalue weighted by Gasteiger charge is -2.53. The second kappa shape index (κ2) is 5.48. The molecule has 3 atom stereocenters. The van der Waals surface area contributed by atoms with Gasteiger partial charge in [-0.15, -0.1) is 0 Å². The molecule has 0 aromatic heterocycles. The Bertz CT molecular complexity index is 264. The van der Waals surface area contributed by atoms with E-state index in [1.807, 2.05) is 0 Å². The fourth-order valence-electron chi connectivity index (χ4n) is 4.57. The molecule has 0 aromatic rings. The predicted octanol–water partition coefficient (Wildman–Crippen LogP) is 2.15. The van der Waals surface area contributed by atoms with Gasteiger partial charge in [0, 0.05) is 37.4 Å². The third kappa shape index (κ3) is 2.45. The van der Waals surface area contributed by atoms with Crippen LogP contribution in [0.3, 0.4) is 0 Å². The highest BCUT2D eigenvalue weighted by atomic mass is 16.5. The summed E-state index contributed by atoms with van der Waals surface area (Å²) in [5.74, 6) is 0.844. The number of ether oxygens (including phenoxy) is 1. The van der Waals surface area contributed by atoms with Crippen molar-refractivity contribution in [2.45, 2.75) is 76.0 Å². The normalized spacial score (nSPS) is 40.7. The second-order valence-electron chi connectivity index (χ2n) is 6.61. The zero-order chi connectivity index (χ0) is 12.5. The molecule has 2 N–H and O–H groups in total. The first-order valence-electron chi connectivity index (χ1n) is 7.86. The summed E-state index contributed by atoms with van der Waals surface area (Å²) in [4.78, 5) is 2.85. The first-order valence-corrected chi connectivity index (χ1v) is 7.86. The topological polar surface area (TPSA) is 38.5 Å². The van der Waals surface area contributed by atoms with Crippen LogP contribution in [0.5, 0.6) is 0 Å². The highest BCUT2D eigenvalue weighted by Gasteiger charge is 2.41. The van der Waals surface area contributed by atoms with Crippen LogP contribution in [0.4, 0.5) is 0 Å². The Balaban J connectivity index is 1.69. The van der Waals surface area contributed by atoms with Crippen molar-refractivity contribution < 1.29 is 4.74 Å². The van der Waals surface area contributed by atoms with E-state index in [1.54, 1.807) is 0 Å². The minimum atomic E-state index is 0.457. The average molecular weight is 252 g/mol. The van der Waals surface area contributed by atoms with Gasteiger partial charge in [-0.2, -0.15) is 0 Å². The van der Waals surface area contributed by atoms with Gasteiger partial charge in [0.2, 0.25) is 0 Å². The predicted molar refractivity (Wildman–Crippen MR) is 73.5 cm³/mol. The monoisotopic (exact) mass is 252 g/mol. The molecule has 0 saturated carbocycles. The number of nitrogens with zero attached hydrogens (tertiary/aromatic N) is 1. The molecular weight excluding hydrogens is 224 g/mol. The van der Waals surface area contributed by atoms with Crippen LogP contribution in [0.2, 0.25) is 0 Å². The lowest BCUT2D eigenvalue weighted by atomic mass is 9.78. The van der Waals surface area contributed by atoms with Crippen molar-refractivity contribution in [3.05, 3.63) is 0 Å². The van der Waals surface area contributed by atoms with Crippen LogP contribution in [0.1, 0.15) is 51.9 Å². The lowest BCUT2D eigenvalue weighted by Crippen LogP contribution is -2.60. The van der Waals surface area contributed by atoms with Crippen molar-refractivity contribution in [2.75, 3.05) is 13.2 Å². The van der Waals surface area contributed by atoms with Crippen molar-refractivity contribution in [1.82, 2.24) is 4.90 Å². The van der Waals surface area contributed by atoms with Gasteiger partial charge in [0.15, 0.2) is 0 Å². The Morgan fingerprint density at radius 3 is 2.28 bits per heavy atom. The van der Waals surface area contributed by atoms with E-state index < -0.39 is 0 Å². The maximum atomic E-state index is 6.22. The van der Waals surface area contributed by atoms with E-state index in [2.05, 4.69) is 11.8 Å². The second-order valence-corrected chi connectivity index (χ2v) is 6.61. The maximum Gasteiger partial charge on any atom is 0.0469 e. The SMILES string of the molecule is CC(C1CCOCC1)N1C2CCCC1CC(N)C2. The summed E-state index contributed by atoms with van der Waals surface area (Å²) in [5.41, 5.74) is 6.22. The highest BCUT2D eigenvalue weighted by molar-refractivity contribution is 4.97. The summed E-state index contributed by atoms with van der Waals surface area (Å²) in [5, 5.41) is 0. The minimum Gasteiger partial charge on any atom is -0.381 e. The van der Waals surface area contributed by atoms with Crippen molar-refractivity contribution in [3.63, 3.8) is 0 Å². The van der Waals surface area contributed by atoms with Gasteiger partial charge in [-0.3, -0.25) is 4.90 Å². The van der Waals surface area contributed by atoms with Gasteiger partial charge in [0.05, 0.1) is 0 Å². The molecule has 0 aliphatic carbocycles. The van der Waals surface area contributed by atoms with Crippen LogP contribution in [0, 0.1) is 5.92 Å². The van der Waals surface area contributed by atoms with Gasteiger partial charge >= 0.3 is 0 Å². The molecule has 3 aliphatic heterocycles. The molecule has 104 valence electrons. The Morgan fingerprint density at radius 1 is 1.06 bits per heavy atom. The first-order chi connectivity index (χ1) is 8.75. The van der Waals surface area contributed by atoms with Crippen molar-refractivity contribution >= 4 is 0 Å². The number of nitrogens with two attached hydrogens (primary N) is 1. The average Bonchev–Trinajstić information content (AvgIpc) is 2.38. The zero-order valence-corrected chi connectivity index (χ0v) is 11.7. The van der Waals surface area contributed by atoms with Gasteiger partial charge in [0.1, 0.15) is 0 Å².